The first-order valence-corrected chi connectivity index (χ1v) is 11.4. The lowest BCUT2D eigenvalue weighted by Gasteiger charge is -2.31. The van der Waals surface area contributed by atoms with Gasteiger partial charge in [0.25, 0.3) is 5.56 Å². The number of rotatable bonds is 6. The van der Waals surface area contributed by atoms with Gasteiger partial charge in [-0.2, -0.15) is 0 Å². The number of likely N-dealkylation sites (tertiary alicyclic amines) is 1. The molecule has 0 spiro atoms. The predicted molar refractivity (Wildman–Crippen MR) is 114 cm³/mol. The van der Waals surface area contributed by atoms with Crippen molar-refractivity contribution < 1.29 is 0 Å². The summed E-state index contributed by atoms with van der Waals surface area (Å²) in [5, 5.41) is 1.10. The predicted octanol–water partition coefficient (Wildman–Crippen LogP) is 3.26. The van der Waals surface area contributed by atoms with Gasteiger partial charge in [0.05, 0.1) is 10.7 Å². The van der Waals surface area contributed by atoms with Crippen LogP contribution < -0.4 is 10.5 Å². The van der Waals surface area contributed by atoms with Crippen molar-refractivity contribution in [1.82, 2.24) is 19.9 Å². The van der Waals surface area contributed by atoms with Gasteiger partial charge in [0.1, 0.15) is 0 Å². The van der Waals surface area contributed by atoms with Crippen molar-refractivity contribution in [2.75, 3.05) is 36.8 Å². The molecule has 0 unspecified atom stereocenters. The fourth-order valence-electron chi connectivity index (χ4n) is 4.13. The minimum atomic E-state index is -0.0227. The third-order valence-corrected chi connectivity index (χ3v) is 6.48. The first kappa shape index (κ1) is 19.5. The Labute approximate surface area is 170 Å². The van der Waals surface area contributed by atoms with Crippen LogP contribution in [0.4, 0.5) is 5.95 Å². The van der Waals surface area contributed by atoms with Gasteiger partial charge in [-0.3, -0.25) is 14.7 Å². The van der Waals surface area contributed by atoms with E-state index >= 15 is 0 Å². The molecule has 2 aromatic rings. The summed E-state index contributed by atoms with van der Waals surface area (Å²) in [4.78, 5) is 29.1. The number of hydrogen-bond donors (Lipinski definition) is 1. The second-order valence-electron chi connectivity index (χ2n) is 7.68. The molecule has 2 aliphatic heterocycles. The van der Waals surface area contributed by atoms with E-state index in [-0.39, 0.29) is 5.56 Å². The highest BCUT2D eigenvalue weighted by molar-refractivity contribution is 7.99. The maximum absolute atomic E-state index is 12.1. The molecule has 2 aliphatic rings. The summed E-state index contributed by atoms with van der Waals surface area (Å²) in [5.41, 5.74) is 2.21. The fourth-order valence-corrected chi connectivity index (χ4v) is 4.72. The maximum Gasteiger partial charge on any atom is 0.252 e. The lowest BCUT2D eigenvalue weighted by Crippen LogP contribution is -2.33. The highest BCUT2D eigenvalue weighted by atomic mass is 32.2. The number of hydrogen-bond acceptors (Lipinski definition) is 6. The fraction of sp³-hybridized carbons (Fsp3) is 0.571. The van der Waals surface area contributed by atoms with Crippen LogP contribution in [0, 0.1) is 0 Å². The topological polar surface area (TPSA) is 65.1 Å². The average molecular weight is 400 g/mol. The third-order valence-electron chi connectivity index (χ3n) is 5.66. The van der Waals surface area contributed by atoms with E-state index in [0.717, 1.165) is 68.0 Å². The summed E-state index contributed by atoms with van der Waals surface area (Å²) in [5.74, 6) is 2.19. The van der Waals surface area contributed by atoms with Crippen LogP contribution >= 0.6 is 11.8 Å². The minimum Gasteiger partial charge on any atom is -0.342 e. The molecular formula is C21H29N5OS. The molecule has 0 aromatic carbocycles. The molecule has 0 amide bonds. The Hall–Kier alpha value is -1.86. The van der Waals surface area contributed by atoms with E-state index in [0.29, 0.717) is 5.92 Å². The standard InChI is InChI=1S/C21H29N5OS/c1-2-28-20-6-5-16(14-22-20)15-25-11-7-17(8-12-25)18-13-19(27)24-21(23-18)26-9-3-4-10-26/h5-6,13-14,17H,2-4,7-12,15H2,1H3,(H,23,24,27). The molecule has 1 N–H and O–H groups in total. The van der Waals surface area contributed by atoms with Crippen molar-refractivity contribution >= 4 is 17.7 Å². The Morgan fingerprint density at radius 2 is 1.96 bits per heavy atom. The first-order valence-electron chi connectivity index (χ1n) is 10.4. The van der Waals surface area contributed by atoms with E-state index in [1.54, 1.807) is 17.8 Å². The molecule has 2 fully saturated rings. The van der Waals surface area contributed by atoms with Gasteiger partial charge in [-0.25, -0.2) is 9.97 Å². The number of pyridine rings is 1. The van der Waals surface area contributed by atoms with Crippen molar-refractivity contribution in [3.8, 4) is 0 Å². The van der Waals surface area contributed by atoms with E-state index in [1.165, 1.54) is 18.4 Å². The number of thioether (sulfide) groups is 1. The average Bonchev–Trinajstić information content (AvgIpc) is 3.25. The van der Waals surface area contributed by atoms with Gasteiger partial charge in [0.15, 0.2) is 0 Å². The molecule has 0 saturated carbocycles. The van der Waals surface area contributed by atoms with Crippen LogP contribution in [0.2, 0.25) is 0 Å². The van der Waals surface area contributed by atoms with Gasteiger partial charge in [0.2, 0.25) is 5.95 Å². The largest absolute Gasteiger partial charge is 0.342 e. The number of nitrogens with one attached hydrogen (secondary N) is 1. The Balaban J connectivity index is 1.35. The van der Waals surface area contributed by atoms with Gasteiger partial charge in [-0.05, 0) is 56.2 Å². The molecule has 0 atom stereocenters. The summed E-state index contributed by atoms with van der Waals surface area (Å²) < 4.78 is 0. The van der Waals surface area contributed by atoms with Crippen LogP contribution in [-0.4, -0.2) is 51.8 Å². The van der Waals surface area contributed by atoms with E-state index in [9.17, 15) is 4.79 Å². The normalized spacial score (nSPS) is 18.7. The summed E-state index contributed by atoms with van der Waals surface area (Å²) in [7, 11) is 0. The molecule has 0 aliphatic carbocycles. The molecule has 0 radical (unpaired) electrons. The first-order chi connectivity index (χ1) is 13.7. The molecular weight excluding hydrogens is 370 g/mol. The minimum absolute atomic E-state index is 0.0227. The summed E-state index contributed by atoms with van der Waals surface area (Å²) in [6.45, 7) is 7.14. The van der Waals surface area contributed by atoms with Crippen molar-refractivity contribution in [3.63, 3.8) is 0 Å². The Morgan fingerprint density at radius 1 is 1.18 bits per heavy atom. The van der Waals surface area contributed by atoms with E-state index in [2.05, 4.69) is 38.8 Å². The zero-order chi connectivity index (χ0) is 19.3. The second-order valence-corrected chi connectivity index (χ2v) is 8.96. The molecule has 28 heavy (non-hydrogen) atoms. The van der Waals surface area contributed by atoms with E-state index < -0.39 is 0 Å². The smallest absolute Gasteiger partial charge is 0.252 e. The maximum atomic E-state index is 12.1. The van der Waals surface area contributed by atoms with Gasteiger partial charge in [0, 0.05) is 37.8 Å². The highest BCUT2D eigenvalue weighted by Gasteiger charge is 2.24. The quantitative estimate of drug-likeness (QED) is 0.752. The van der Waals surface area contributed by atoms with Crippen molar-refractivity contribution in [3.05, 3.63) is 46.0 Å². The zero-order valence-corrected chi connectivity index (χ0v) is 17.4. The number of aromatic amines is 1. The lowest BCUT2D eigenvalue weighted by atomic mass is 9.93. The molecule has 4 rings (SSSR count). The number of aromatic nitrogens is 3. The SMILES string of the molecule is CCSc1ccc(CN2CCC(c3cc(=O)[nH]c(N4CCCC4)n3)CC2)cn1. The van der Waals surface area contributed by atoms with Crippen LogP contribution in [0.15, 0.2) is 34.2 Å². The van der Waals surface area contributed by atoms with Crippen LogP contribution in [0.5, 0.6) is 0 Å². The molecule has 2 saturated heterocycles. The van der Waals surface area contributed by atoms with Crippen LogP contribution in [0.3, 0.4) is 0 Å². The number of H-pyrrole nitrogens is 1. The number of anilines is 1. The summed E-state index contributed by atoms with van der Waals surface area (Å²) in [6.07, 6.45) is 6.46. The van der Waals surface area contributed by atoms with Crippen LogP contribution in [-0.2, 0) is 6.54 Å². The van der Waals surface area contributed by atoms with Gasteiger partial charge in [-0.1, -0.05) is 13.0 Å². The zero-order valence-electron chi connectivity index (χ0n) is 16.6. The molecule has 0 bridgehead atoms. The number of piperidine rings is 1. The molecule has 150 valence electrons. The Morgan fingerprint density at radius 3 is 2.64 bits per heavy atom. The monoisotopic (exact) mass is 399 g/mol. The molecule has 2 aromatic heterocycles. The summed E-state index contributed by atoms with van der Waals surface area (Å²) >= 11 is 1.78. The van der Waals surface area contributed by atoms with Crippen molar-refractivity contribution in [2.45, 2.75) is 50.1 Å². The van der Waals surface area contributed by atoms with Crippen LogP contribution in [0.1, 0.15) is 49.8 Å². The Bertz CT molecular complexity index is 823. The molecule has 6 nitrogen and oxygen atoms in total. The van der Waals surface area contributed by atoms with E-state index in [4.69, 9.17) is 4.98 Å². The van der Waals surface area contributed by atoms with Crippen molar-refractivity contribution in [2.24, 2.45) is 0 Å². The van der Waals surface area contributed by atoms with Crippen LogP contribution in [0.25, 0.3) is 0 Å². The lowest BCUT2D eigenvalue weighted by molar-refractivity contribution is 0.203. The van der Waals surface area contributed by atoms with Crippen molar-refractivity contribution in [1.29, 1.82) is 0 Å². The highest BCUT2D eigenvalue weighted by Crippen LogP contribution is 2.28. The van der Waals surface area contributed by atoms with Gasteiger partial charge < -0.3 is 4.90 Å². The van der Waals surface area contributed by atoms with E-state index in [1.807, 2.05) is 6.20 Å². The number of nitrogens with zero attached hydrogens (tertiary/aromatic N) is 4. The summed E-state index contributed by atoms with van der Waals surface area (Å²) in [6, 6.07) is 6.02. The van der Waals surface area contributed by atoms with Gasteiger partial charge in [-0.15, -0.1) is 11.8 Å². The molecule has 4 heterocycles. The van der Waals surface area contributed by atoms with Gasteiger partial charge >= 0.3 is 0 Å². The molecule has 7 heteroatoms. The third kappa shape index (κ3) is 4.75. The Kier molecular flexibility index (Phi) is 6.32. The second kappa shape index (κ2) is 9.09.